The first-order valence-corrected chi connectivity index (χ1v) is 17.1. The molecule has 0 atom stereocenters. The van der Waals surface area contributed by atoms with E-state index < -0.39 is 0 Å². The van der Waals surface area contributed by atoms with Gasteiger partial charge < -0.3 is 9.80 Å². The lowest BCUT2D eigenvalue weighted by atomic mass is 9.35. The average Bonchev–Trinajstić information content (AvgIpc) is 3.13. The molecule has 0 fully saturated rings. The van der Waals surface area contributed by atoms with E-state index >= 15 is 0 Å². The number of hydrogen-bond acceptors (Lipinski definition) is 3. The zero-order valence-electron chi connectivity index (χ0n) is 25.6. The second kappa shape index (κ2) is 10.6. The number of nitrogens with zero attached hydrogens (tertiary/aromatic N) is 2. The summed E-state index contributed by atoms with van der Waals surface area (Å²) in [5, 5.41) is 0. The highest BCUT2D eigenvalue weighted by Crippen LogP contribution is 2.41. The van der Waals surface area contributed by atoms with E-state index in [1.807, 2.05) is 11.8 Å². The van der Waals surface area contributed by atoms with Gasteiger partial charge in [-0.2, -0.15) is 0 Å². The minimum atomic E-state index is 0.0935. The molecule has 0 saturated heterocycles. The van der Waals surface area contributed by atoms with Crippen LogP contribution in [0, 0.1) is 0 Å². The van der Waals surface area contributed by atoms with Gasteiger partial charge in [-0.15, -0.1) is 0 Å². The smallest absolute Gasteiger partial charge is 0.246 e. The first-order valence-electron chi connectivity index (χ1n) is 16.3. The molecule has 47 heavy (non-hydrogen) atoms. The van der Waals surface area contributed by atoms with Crippen molar-refractivity contribution in [1.82, 2.24) is 0 Å². The fourth-order valence-electron chi connectivity index (χ4n) is 8.00. The lowest BCUT2D eigenvalue weighted by molar-refractivity contribution is 1.26. The highest BCUT2D eigenvalue weighted by atomic mass is 32.2. The van der Waals surface area contributed by atoms with Crippen molar-refractivity contribution in [3.63, 3.8) is 0 Å². The van der Waals surface area contributed by atoms with Crippen molar-refractivity contribution in [2.45, 2.75) is 9.79 Å². The van der Waals surface area contributed by atoms with Gasteiger partial charge in [0.1, 0.15) is 0 Å². The van der Waals surface area contributed by atoms with Crippen molar-refractivity contribution in [2.75, 3.05) is 9.80 Å². The zero-order chi connectivity index (χ0) is 30.9. The number of fused-ring (bicyclic) bond motifs is 10. The molecule has 3 heterocycles. The molecule has 0 spiro atoms. The molecular weight excluding hydrogens is 586 g/mol. The summed E-state index contributed by atoms with van der Waals surface area (Å²) in [7, 11) is 0. The third-order valence-electron chi connectivity index (χ3n) is 9.93. The predicted octanol–water partition coefficient (Wildman–Crippen LogP) is 6.75. The summed E-state index contributed by atoms with van der Waals surface area (Å²) < 4.78 is 0. The monoisotopic (exact) mass is 614 g/mol. The van der Waals surface area contributed by atoms with Gasteiger partial charge in [-0.1, -0.05) is 132 Å². The Hall–Kier alpha value is -5.38. The summed E-state index contributed by atoms with van der Waals surface area (Å²) in [6.45, 7) is 0.255. The SMILES string of the molecule is c1ccc(B2c3ccccc3N3c4cccc(c4)B4c5ccccc5N(c5ccccc5)c5ccc(cc54)Sc4ccc2c3c4)cc1. The molecule has 2 nitrogen and oxygen atoms in total. The van der Waals surface area contributed by atoms with Crippen LogP contribution in [0.2, 0.25) is 0 Å². The molecule has 3 aliphatic rings. The Morgan fingerprint density at radius 3 is 1.64 bits per heavy atom. The lowest BCUT2D eigenvalue weighted by Crippen LogP contribution is -2.58. The highest BCUT2D eigenvalue weighted by molar-refractivity contribution is 7.99. The Labute approximate surface area is 280 Å². The summed E-state index contributed by atoms with van der Waals surface area (Å²) in [5.41, 5.74) is 15.2. The zero-order valence-corrected chi connectivity index (χ0v) is 26.4. The Morgan fingerprint density at radius 2 is 0.872 bits per heavy atom. The van der Waals surface area contributed by atoms with Gasteiger partial charge in [0.2, 0.25) is 13.4 Å². The van der Waals surface area contributed by atoms with E-state index in [0.717, 1.165) is 0 Å². The maximum Gasteiger partial charge on any atom is 0.246 e. The van der Waals surface area contributed by atoms with Gasteiger partial charge >= 0.3 is 0 Å². The molecule has 6 bridgehead atoms. The van der Waals surface area contributed by atoms with Crippen molar-refractivity contribution < 1.29 is 0 Å². The van der Waals surface area contributed by atoms with E-state index in [-0.39, 0.29) is 13.4 Å². The highest BCUT2D eigenvalue weighted by Gasteiger charge is 2.38. The maximum absolute atomic E-state index is 2.50. The van der Waals surface area contributed by atoms with Crippen molar-refractivity contribution >= 4 is 92.1 Å². The van der Waals surface area contributed by atoms with E-state index in [1.165, 1.54) is 76.7 Å². The van der Waals surface area contributed by atoms with Crippen molar-refractivity contribution in [3.05, 3.63) is 170 Å². The molecule has 3 aliphatic heterocycles. The summed E-state index contributed by atoms with van der Waals surface area (Å²) >= 11 is 1.85. The Kier molecular flexibility index (Phi) is 6.03. The minimum absolute atomic E-state index is 0.0935. The fraction of sp³-hybridized carbons (Fsp3) is 0. The lowest BCUT2D eigenvalue weighted by Gasteiger charge is -2.39. The quantitative estimate of drug-likeness (QED) is 0.199. The van der Waals surface area contributed by atoms with Gasteiger partial charge in [0.15, 0.2) is 0 Å². The van der Waals surface area contributed by atoms with Crippen LogP contribution >= 0.6 is 11.8 Å². The molecule has 218 valence electrons. The van der Waals surface area contributed by atoms with Crippen LogP contribution in [0.1, 0.15) is 0 Å². The third-order valence-corrected chi connectivity index (χ3v) is 10.9. The van der Waals surface area contributed by atoms with Gasteiger partial charge in [-0.3, -0.25) is 0 Å². The van der Waals surface area contributed by atoms with Crippen LogP contribution in [-0.2, 0) is 0 Å². The molecule has 0 N–H and O–H groups in total. The molecule has 0 aliphatic carbocycles. The number of benzene rings is 7. The number of rotatable bonds is 2. The number of para-hydroxylation sites is 3. The van der Waals surface area contributed by atoms with Gasteiger partial charge in [-0.05, 0) is 82.5 Å². The largest absolute Gasteiger partial charge is 0.312 e. The van der Waals surface area contributed by atoms with Crippen LogP contribution in [0.4, 0.5) is 34.1 Å². The molecule has 7 aromatic rings. The molecule has 0 radical (unpaired) electrons. The van der Waals surface area contributed by atoms with Crippen LogP contribution in [0.15, 0.2) is 180 Å². The Bertz CT molecular complexity index is 2160. The van der Waals surface area contributed by atoms with E-state index in [2.05, 4.69) is 180 Å². The fourth-order valence-corrected chi connectivity index (χ4v) is 8.90. The molecule has 0 saturated carbocycles. The van der Waals surface area contributed by atoms with Gasteiger partial charge in [-0.25, -0.2) is 0 Å². The van der Waals surface area contributed by atoms with Crippen LogP contribution in [0.5, 0.6) is 0 Å². The molecule has 5 heteroatoms. The number of anilines is 6. The van der Waals surface area contributed by atoms with Crippen molar-refractivity contribution in [2.24, 2.45) is 0 Å². The topological polar surface area (TPSA) is 6.48 Å². The van der Waals surface area contributed by atoms with Crippen LogP contribution in [0.3, 0.4) is 0 Å². The molecule has 10 rings (SSSR count). The summed E-state index contributed by atoms with van der Waals surface area (Å²) in [5.74, 6) is 0. The molecule has 0 aromatic heterocycles. The number of hydrogen-bond donors (Lipinski definition) is 0. The van der Waals surface area contributed by atoms with E-state index in [9.17, 15) is 0 Å². The second-order valence-electron chi connectivity index (χ2n) is 12.5. The standard InChI is InChI=1S/C42H28B2N2S/c1-3-12-29(13-4-1)43-35-18-7-10-21-40(35)46-32-17-11-14-30(26-32)44-36-19-8-9-20-39(36)45(31-15-5-2-6-16-31)41-25-23-33(27-38(41)44)47-34-22-24-37(43)42(46)28-34/h1-28H. The van der Waals surface area contributed by atoms with Gasteiger partial charge in [0.25, 0.3) is 0 Å². The van der Waals surface area contributed by atoms with Crippen LogP contribution < -0.4 is 42.6 Å². The second-order valence-corrected chi connectivity index (χ2v) is 13.7. The summed E-state index contributed by atoms with van der Waals surface area (Å²) in [6, 6.07) is 63.1. The van der Waals surface area contributed by atoms with Gasteiger partial charge in [0, 0.05) is 43.9 Å². The summed E-state index contributed by atoms with van der Waals surface area (Å²) in [6.07, 6.45) is 0. The average molecular weight is 614 g/mol. The molecular formula is C42H28B2N2S. The first-order chi connectivity index (χ1) is 23.3. The third kappa shape index (κ3) is 4.16. The van der Waals surface area contributed by atoms with E-state index in [1.54, 1.807) is 0 Å². The van der Waals surface area contributed by atoms with Crippen molar-refractivity contribution in [1.29, 1.82) is 0 Å². The minimum Gasteiger partial charge on any atom is -0.312 e. The molecule has 7 aromatic carbocycles. The normalized spacial score (nSPS) is 13.7. The molecule has 0 amide bonds. The first kappa shape index (κ1) is 26.8. The van der Waals surface area contributed by atoms with Gasteiger partial charge in [0.05, 0.1) is 0 Å². The van der Waals surface area contributed by atoms with Crippen LogP contribution in [0.25, 0.3) is 0 Å². The van der Waals surface area contributed by atoms with Crippen molar-refractivity contribution in [3.8, 4) is 0 Å². The Balaban J connectivity index is 1.25. The Morgan fingerprint density at radius 1 is 0.340 bits per heavy atom. The molecule has 0 unspecified atom stereocenters. The summed E-state index contributed by atoms with van der Waals surface area (Å²) in [4.78, 5) is 7.42. The van der Waals surface area contributed by atoms with E-state index in [4.69, 9.17) is 0 Å². The predicted molar refractivity (Wildman–Crippen MR) is 202 cm³/mol. The van der Waals surface area contributed by atoms with Crippen LogP contribution in [-0.4, -0.2) is 13.4 Å². The maximum atomic E-state index is 2.50. The van der Waals surface area contributed by atoms with E-state index in [0.29, 0.717) is 0 Å².